The number of methoxy groups -OCH3 is 1. The molecular weight excluding hydrogens is 294 g/mol. The van der Waals surface area contributed by atoms with E-state index in [0.717, 1.165) is 10.9 Å². The molecule has 1 aromatic heterocycles. The number of rotatable bonds is 3. The normalized spacial score (nSPS) is 10.5. The number of benzene rings is 2. The summed E-state index contributed by atoms with van der Waals surface area (Å²) in [7, 11) is 1.54. The van der Waals surface area contributed by atoms with E-state index in [9.17, 15) is 9.59 Å². The summed E-state index contributed by atoms with van der Waals surface area (Å²) in [6.07, 6.45) is 0. The minimum Gasteiger partial charge on any atom is -0.496 e. The zero-order valence-electron chi connectivity index (χ0n) is 12.8. The van der Waals surface area contributed by atoms with Crippen molar-refractivity contribution in [3.05, 3.63) is 70.1 Å². The van der Waals surface area contributed by atoms with Crippen LogP contribution in [0, 0.1) is 6.92 Å². The third-order valence-electron chi connectivity index (χ3n) is 3.54. The molecule has 1 amide bonds. The number of nitrogens with one attached hydrogen (secondary N) is 1. The van der Waals surface area contributed by atoms with Crippen molar-refractivity contribution >= 4 is 22.6 Å². The second kappa shape index (κ2) is 5.96. The van der Waals surface area contributed by atoms with Crippen molar-refractivity contribution in [3.63, 3.8) is 0 Å². The second-order valence-corrected chi connectivity index (χ2v) is 5.12. The lowest BCUT2D eigenvalue weighted by atomic mass is 10.1. The molecular formula is C18H15NO4. The van der Waals surface area contributed by atoms with Gasteiger partial charge in [-0.15, -0.1) is 0 Å². The first-order chi connectivity index (χ1) is 11.1. The molecule has 0 radical (unpaired) electrons. The minimum absolute atomic E-state index is 0.262. The molecule has 0 fully saturated rings. The molecule has 0 atom stereocenters. The van der Waals surface area contributed by atoms with Gasteiger partial charge in [0.25, 0.3) is 5.91 Å². The number of anilines is 1. The Morgan fingerprint density at radius 2 is 1.96 bits per heavy atom. The molecule has 1 N–H and O–H groups in total. The first-order valence-corrected chi connectivity index (χ1v) is 7.07. The SMILES string of the molecule is COc1c(C)cccc1C(=O)Nc1ccc2oc(=O)ccc2c1. The largest absolute Gasteiger partial charge is 0.496 e. The third kappa shape index (κ3) is 2.94. The van der Waals surface area contributed by atoms with Crippen LogP contribution in [-0.2, 0) is 0 Å². The Bertz CT molecular complexity index is 943. The average Bonchev–Trinajstić information content (AvgIpc) is 2.54. The van der Waals surface area contributed by atoms with Gasteiger partial charge in [0, 0.05) is 17.1 Å². The van der Waals surface area contributed by atoms with Gasteiger partial charge in [-0.2, -0.15) is 0 Å². The lowest BCUT2D eigenvalue weighted by molar-refractivity contribution is 0.102. The van der Waals surface area contributed by atoms with Gasteiger partial charge >= 0.3 is 5.63 Å². The van der Waals surface area contributed by atoms with E-state index in [0.29, 0.717) is 22.6 Å². The molecule has 0 saturated heterocycles. The summed E-state index contributed by atoms with van der Waals surface area (Å²) in [5.74, 6) is 0.291. The van der Waals surface area contributed by atoms with E-state index in [-0.39, 0.29) is 5.91 Å². The smallest absolute Gasteiger partial charge is 0.336 e. The van der Waals surface area contributed by atoms with Crippen LogP contribution in [0.25, 0.3) is 11.0 Å². The number of fused-ring (bicyclic) bond motifs is 1. The Morgan fingerprint density at radius 1 is 1.13 bits per heavy atom. The molecule has 0 aliphatic carbocycles. The van der Waals surface area contributed by atoms with Crippen molar-refractivity contribution in [1.82, 2.24) is 0 Å². The van der Waals surface area contributed by atoms with Gasteiger partial charge in [-0.1, -0.05) is 12.1 Å². The van der Waals surface area contributed by atoms with Gasteiger partial charge in [-0.05, 0) is 42.8 Å². The number of amides is 1. The van der Waals surface area contributed by atoms with Gasteiger partial charge in [0.2, 0.25) is 0 Å². The molecule has 3 aromatic rings. The van der Waals surface area contributed by atoms with Gasteiger partial charge in [0.15, 0.2) is 0 Å². The molecule has 0 saturated carbocycles. The lowest BCUT2D eigenvalue weighted by Crippen LogP contribution is -2.13. The van der Waals surface area contributed by atoms with Crippen LogP contribution in [0.15, 0.2) is 57.7 Å². The highest BCUT2D eigenvalue weighted by Crippen LogP contribution is 2.24. The van der Waals surface area contributed by atoms with Gasteiger partial charge in [0.1, 0.15) is 11.3 Å². The zero-order valence-corrected chi connectivity index (χ0v) is 12.8. The van der Waals surface area contributed by atoms with E-state index in [1.807, 2.05) is 19.1 Å². The van der Waals surface area contributed by atoms with Crippen LogP contribution in [0.4, 0.5) is 5.69 Å². The zero-order chi connectivity index (χ0) is 16.4. The first kappa shape index (κ1) is 14.8. The van der Waals surface area contributed by atoms with Crippen LogP contribution in [0.2, 0.25) is 0 Å². The standard InChI is InChI=1S/C18H15NO4/c1-11-4-3-5-14(17(11)22-2)18(21)19-13-7-8-15-12(10-13)6-9-16(20)23-15/h3-10H,1-2H3,(H,19,21). The van der Waals surface area contributed by atoms with E-state index < -0.39 is 5.63 Å². The van der Waals surface area contributed by atoms with Crippen molar-refractivity contribution in [2.24, 2.45) is 0 Å². The van der Waals surface area contributed by atoms with Crippen LogP contribution >= 0.6 is 0 Å². The number of ether oxygens (including phenoxy) is 1. The van der Waals surface area contributed by atoms with Gasteiger partial charge < -0.3 is 14.5 Å². The molecule has 23 heavy (non-hydrogen) atoms. The molecule has 0 aliphatic heterocycles. The summed E-state index contributed by atoms with van der Waals surface area (Å²) in [5, 5.41) is 3.56. The fourth-order valence-electron chi connectivity index (χ4n) is 2.45. The van der Waals surface area contributed by atoms with Crippen LogP contribution in [0.1, 0.15) is 15.9 Å². The minimum atomic E-state index is -0.404. The number of hydrogen-bond acceptors (Lipinski definition) is 4. The second-order valence-electron chi connectivity index (χ2n) is 5.12. The average molecular weight is 309 g/mol. The van der Waals surface area contributed by atoms with E-state index in [2.05, 4.69) is 5.32 Å². The maximum absolute atomic E-state index is 12.5. The highest BCUT2D eigenvalue weighted by atomic mass is 16.5. The van der Waals surface area contributed by atoms with Gasteiger partial charge in [-0.25, -0.2) is 4.79 Å². The van der Waals surface area contributed by atoms with E-state index in [4.69, 9.17) is 9.15 Å². The van der Waals surface area contributed by atoms with Gasteiger partial charge in [-0.3, -0.25) is 4.79 Å². The fourth-order valence-corrected chi connectivity index (χ4v) is 2.45. The Morgan fingerprint density at radius 3 is 2.74 bits per heavy atom. The van der Waals surface area contributed by atoms with Crippen LogP contribution in [0.5, 0.6) is 5.75 Å². The van der Waals surface area contributed by atoms with Crippen LogP contribution in [-0.4, -0.2) is 13.0 Å². The maximum Gasteiger partial charge on any atom is 0.336 e. The summed E-state index contributed by atoms with van der Waals surface area (Å²) in [4.78, 5) is 23.7. The molecule has 0 aliphatic rings. The highest BCUT2D eigenvalue weighted by molar-refractivity contribution is 6.07. The Hall–Kier alpha value is -3.08. The van der Waals surface area contributed by atoms with Crippen molar-refractivity contribution in [2.45, 2.75) is 6.92 Å². The summed E-state index contributed by atoms with van der Waals surface area (Å²) >= 11 is 0. The Balaban J connectivity index is 1.93. The van der Waals surface area contributed by atoms with E-state index in [1.165, 1.54) is 13.2 Å². The van der Waals surface area contributed by atoms with Gasteiger partial charge in [0.05, 0.1) is 12.7 Å². The summed E-state index contributed by atoms with van der Waals surface area (Å²) in [5.41, 5.74) is 2.04. The molecule has 116 valence electrons. The van der Waals surface area contributed by atoms with Crippen molar-refractivity contribution in [2.75, 3.05) is 12.4 Å². The number of hydrogen-bond donors (Lipinski definition) is 1. The van der Waals surface area contributed by atoms with Crippen LogP contribution < -0.4 is 15.7 Å². The maximum atomic E-state index is 12.5. The Kier molecular flexibility index (Phi) is 3.85. The molecule has 5 heteroatoms. The lowest BCUT2D eigenvalue weighted by Gasteiger charge is -2.11. The Labute approximate surface area is 132 Å². The molecule has 0 spiro atoms. The molecule has 1 heterocycles. The van der Waals surface area contributed by atoms with E-state index >= 15 is 0 Å². The fraction of sp³-hybridized carbons (Fsp3) is 0.111. The molecule has 3 rings (SSSR count). The van der Waals surface area contributed by atoms with E-state index in [1.54, 1.807) is 30.3 Å². The summed E-state index contributed by atoms with van der Waals surface area (Å²) in [6, 6.07) is 13.5. The van der Waals surface area contributed by atoms with Crippen molar-refractivity contribution in [3.8, 4) is 5.75 Å². The number of carbonyl (C=O) groups is 1. The van der Waals surface area contributed by atoms with Crippen molar-refractivity contribution < 1.29 is 13.9 Å². The number of para-hydroxylation sites is 1. The number of aryl methyl sites for hydroxylation is 1. The third-order valence-corrected chi connectivity index (χ3v) is 3.54. The highest BCUT2D eigenvalue weighted by Gasteiger charge is 2.14. The predicted molar refractivity (Wildman–Crippen MR) is 88.2 cm³/mol. The predicted octanol–water partition coefficient (Wildman–Crippen LogP) is 3.36. The monoisotopic (exact) mass is 309 g/mol. The molecule has 2 aromatic carbocycles. The van der Waals surface area contributed by atoms with Crippen molar-refractivity contribution in [1.29, 1.82) is 0 Å². The number of carbonyl (C=O) groups excluding carboxylic acids is 1. The quantitative estimate of drug-likeness (QED) is 0.753. The summed E-state index contributed by atoms with van der Waals surface area (Å²) < 4.78 is 10.4. The summed E-state index contributed by atoms with van der Waals surface area (Å²) in [6.45, 7) is 1.88. The first-order valence-electron chi connectivity index (χ1n) is 7.07. The van der Waals surface area contributed by atoms with Crippen LogP contribution in [0.3, 0.4) is 0 Å². The molecule has 0 bridgehead atoms. The topological polar surface area (TPSA) is 68.5 Å². The molecule has 0 unspecified atom stereocenters. The molecule has 5 nitrogen and oxygen atoms in total.